The lowest BCUT2D eigenvalue weighted by atomic mass is 10.0. The molecule has 2 rings (SSSR count). The number of halogens is 1. The van der Waals surface area contributed by atoms with E-state index in [0.717, 1.165) is 31.2 Å². The van der Waals surface area contributed by atoms with Crippen molar-refractivity contribution in [1.29, 1.82) is 0 Å². The molecule has 0 saturated carbocycles. The van der Waals surface area contributed by atoms with Crippen molar-refractivity contribution in [3.05, 3.63) is 27.8 Å². The Morgan fingerprint density at radius 3 is 2.38 bits per heavy atom. The quantitative estimate of drug-likeness (QED) is 0.809. The maximum atomic E-state index is 6.33. The van der Waals surface area contributed by atoms with Crippen LogP contribution in [0.4, 0.5) is 5.69 Å². The van der Waals surface area contributed by atoms with Crippen molar-refractivity contribution in [3.63, 3.8) is 0 Å². The van der Waals surface area contributed by atoms with Gasteiger partial charge in [-0.15, -0.1) is 0 Å². The molecule has 3 heteroatoms. The van der Waals surface area contributed by atoms with Gasteiger partial charge in [0.15, 0.2) is 0 Å². The summed E-state index contributed by atoms with van der Waals surface area (Å²) in [6, 6.07) is 2.19. The van der Waals surface area contributed by atoms with Crippen LogP contribution >= 0.6 is 11.6 Å². The minimum atomic E-state index is 0.916. The number of rotatable bonds is 1. The lowest BCUT2D eigenvalue weighted by Gasteiger charge is -2.32. The molecule has 0 radical (unpaired) electrons. The maximum Gasteiger partial charge on any atom is 0.0485 e. The summed E-state index contributed by atoms with van der Waals surface area (Å²) in [6.07, 6.45) is 0. The van der Waals surface area contributed by atoms with Crippen LogP contribution in [0.1, 0.15) is 16.7 Å². The Labute approximate surface area is 103 Å². The van der Waals surface area contributed by atoms with E-state index in [1.807, 2.05) is 0 Å². The topological polar surface area (TPSA) is 15.3 Å². The zero-order valence-electron chi connectivity index (χ0n) is 10.2. The Bertz CT molecular complexity index is 395. The first-order valence-electron chi connectivity index (χ1n) is 5.83. The average Bonchev–Trinajstić information content (AvgIpc) is 2.28. The fourth-order valence-electron chi connectivity index (χ4n) is 2.53. The summed E-state index contributed by atoms with van der Waals surface area (Å²) in [4.78, 5) is 2.44. The molecule has 1 heterocycles. The molecule has 0 unspecified atom stereocenters. The fourth-order valence-corrected chi connectivity index (χ4v) is 2.67. The zero-order chi connectivity index (χ0) is 11.7. The van der Waals surface area contributed by atoms with E-state index in [2.05, 4.69) is 37.1 Å². The predicted molar refractivity (Wildman–Crippen MR) is 70.7 cm³/mol. The summed E-state index contributed by atoms with van der Waals surface area (Å²) >= 11 is 6.33. The summed E-state index contributed by atoms with van der Waals surface area (Å²) in [5.74, 6) is 0. The monoisotopic (exact) mass is 238 g/mol. The molecule has 0 amide bonds. The van der Waals surface area contributed by atoms with Crippen molar-refractivity contribution in [1.82, 2.24) is 5.32 Å². The van der Waals surface area contributed by atoms with Crippen LogP contribution in [0.25, 0.3) is 0 Å². The molecular weight excluding hydrogens is 220 g/mol. The van der Waals surface area contributed by atoms with Crippen LogP contribution in [-0.2, 0) is 0 Å². The van der Waals surface area contributed by atoms with E-state index in [1.165, 1.54) is 22.4 Å². The standard InChI is InChI=1S/C13H19ClN2/c1-9-8-10(2)13(11(3)12(9)14)16-6-4-15-5-7-16/h8,15H,4-7H2,1-3H3. The normalized spacial score (nSPS) is 16.6. The molecule has 1 aromatic carbocycles. The molecule has 0 aromatic heterocycles. The number of hydrogen-bond acceptors (Lipinski definition) is 2. The van der Waals surface area contributed by atoms with Gasteiger partial charge in [-0.3, -0.25) is 0 Å². The van der Waals surface area contributed by atoms with Gasteiger partial charge in [0.2, 0.25) is 0 Å². The second-order valence-electron chi connectivity index (χ2n) is 4.54. The number of piperazine rings is 1. The lowest BCUT2D eigenvalue weighted by molar-refractivity contribution is 0.587. The number of benzene rings is 1. The molecule has 1 N–H and O–H groups in total. The van der Waals surface area contributed by atoms with Crippen LogP contribution in [0.2, 0.25) is 5.02 Å². The van der Waals surface area contributed by atoms with Crippen molar-refractivity contribution >= 4 is 17.3 Å². The molecular formula is C13H19ClN2. The predicted octanol–water partition coefficient (Wildman–Crippen LogP) is 2.67. The summed E-state index contributed by atoms with van der Waals surface area (Å²) in [6.45, 7) is 10.6. The number of anilines is 1. The number of nitrogens with zero attached hydrogens (tertiary/aromatic N) is 1. The Kier molecular flexibility index (Phi) is 3.41. The van der Waals surface area contributed by atoms with Crippen molar-refractivity contribution in [2.45, 2.75) is 20.8 Å². The van der Waals surface area contributed by atoms with E-state index < -0.39 is 0 Å². The minimum Gasteiger partial charge on any atom is -0.369 e. The van der Waals surface area contributed by atoms with Crippen LogP contribution < -0.4 is 10.2 Å². The van der Waals surface area contributed by atoms with E-state index in [0.29, 0.717) is 0 Å². The molecule has 1 saturated heterocycles. The summed E-state index contributed by atoms with van der Waals surface area (Å²) in [5.41, 5.74) is 5.06. The molecule has 0 atom stereocenters. The number of hydrogen-bond donors (Lipinski definition) is 1. The van der Waals surface area contributed by atoms with Crippen molar-refractivity contribution in [2.75, 3.05) is 31.1 Å². The third-order valence-corrected chi connectivity index (χ3v) is 3.85. The first-order valence-corrected chi connectivity index (χ1v) is 6.21. The Morgan fingerprint density at radius 1 is 1.12 bits per heavy atom. The molecule has 1 fully saturated rings. The van der Waals surface area contributed by atoms with Gasteiger partial charge in [-0.25, -0.2) is 0 Å². The molecule has 0 bridgehead atoms. The molecule has 1 aliphatic rings. The van der Waals surface area contributed by atoms with E-state index in [1.54, 1.807) is 0 Å². The first kappa shape index (κ1) is 11.7. The molecule has 0 spiro atoms. The van der Waals surface area contributed by atoms with Gasteiger partial charge in [0.05, 0.1) is 0 Å². The molecule has 88 valence electrons. The Balaban J connectivity index is 2.42. The smallest absolute Gasteiger partial charge is 0.0485 e. The molecule has 0 aliphatic carbocycles. The van der Waals surface area contributed by atoms with Gasteiger partial charge in [0.25, 0.3) is 0 Å². The summed E-state index contributed by atoms with van der Waals surface area (Å²) in [7, 11) is 0. The molecule has 1 aromatic rings. The maximum absolute atomic E-state index is 6.33. The SMILES string of the molecule is Cc1cc(C)c(N2CCNCC2)c(C)c1Cl. The Morgan fingerprint density at radius 2 is 1.75 bits per heavy atom. The van der Waals surface area contributed by atoms with Gasteiger partial charge < -0.3 is 10.2 Å². The van der Waals surface area contributed by atoms with Crippen molar-refractivity contribution in [2.24, 2.45) is 0 Å². The second kappa shape index (κ2) is 4.64. The van der Waals surface area contributed by atoms with Gasteiger partial charge in [0, 0.05) is 36.9 Å². The van der Waals surface area contributed by atoms with Crippen molar-refractivity contribution < 1.29 is 0 Å². The first-order chi connectivity index (χ1) is 7.61. The Hall–Kier alpha value is -0.730. The van der Waals surface area contributed by atoms with Crippen LogP contribution in [0.3, 0.4) is 0 Å². The zero-order valence-corrected chi connectivity index (χ0v) is 11.0. The second-order valence-corrected chi connectivity index (χ2v) is 4.91. The lowest BCUT2D eigenvalue weighted by Crippen LogP contribution is -2.44. The van der Waals surface area contributed by atoms with Crippen molar-refractivity contribution in [3.8, 4) is 0 Å². The van der Waals surface area contributed by atoms with E-state index in [-0.39, 0.29) is 0 Å². The third-order valence-electron chi connectivity index (χ3n) is 3.27. The minimum absolute atomic E-state index is 0.916. The largest absolute Gasteiger partial charge is 0.369 e. The van der Waals surface area contributed by atoms with Crippen LogP contribution in [0.15, 0.2) is 6.07 Å². The van der Waals surface area contributed by atoms with Gasteiger partial charge in [0.1, 0.15) is 0 Å². The van der Waals surface area contributed by atoms with E-state index >= 15 is 0 Å². The summed E-state index contributed by atoms with van der Waals surface area (Å²) < 4.78 is 0. The highest BCUT2D eigenvalue weighted by atomic mass is 35.5. The van der Waals surface area contributed by atoms with E-state index in [4.69, 9.17) is 11.6 Å². The van der Waals surface area contributed by atoms with Crippen LogP contribution in [0.5, 0.6) is 0 Å². The van der Waals surface area contributed by atoms with Crippen LogP contribution in [-0.4, -0.2) is 26.2 Å². The van der Waals surface area contributed by atoms with E-state index in [9.17, 15) is 0 Å². The number of nitrogens with one attached hydrogen (secondary N) is 1. The highest BCUT2D eigenvalue weighted by Gasteiger charge is 2.17. The van der Waals surface area contributed by atoms with Gasteiger partial charge in [-0.05, 0) is 37.5 Å². The average molecular weight is 239 g/mol. The third kappa shape index (κ3) is 2.04. The number of aryl methyl sites for hydroxylation is 2. The van der Waals surface area contributed by atoms with Gasteiger partial charge >= 0.3 is 0 Å². The van der Waals surface area contributed by atoms with Gasteiger partial charge in [-0.1, -0.05) is 17.7 Å². The molecule has 16 heavy (non-hydrogen) atoms. The fraction of sp³-hybridized carbons (Fsp3) is 0.538. The summed E-state index contributed by atoms with van der Waals surface area (Å²) in [5, 5.41) is 4.29. The van der Waals surface area contributed by atoms with Crippen LogP contribution in [0, 0.1) is 20.8 Å². The van der Waals surface area contributed by atoms with Gasteiger partial charge in [-0.2, -0.15) is 0 Å². The highest BCUT2D eigenvalue weighted by Crippen LogP contribution is 2.33. The molecule has 2 nitrogen and oxygen atoms in total. The molecule has 1 aliphatic heterocycles. The highest BCUT2D eigenvalue weighted by molar-refractivity contribution is 6.32.